The molecule has 6 aliphatic rings. The third kappa shape index (κ3) is 4.83. The molecule has 6 rings (SSSR count). The van der Waals surface area contributed by atoms with Crippen molar-refractivity contribution in [2.75, 3.05) is 6.61 Å². The van der Waals surface area contributed by atoms with Crippen LogP contribution in [0.4, 0.5) is 0 Å². The Bertz CT molecular complexity index is 1140. The van der Waals surface area contributed by atoms with Gasteiger partial charge < -0.3 is 34.7 Å². The maximum absolute atomic E-state index is 12.8. The van der Waals surface area contributed by atoms with Gasteiger partial charge in [0, 0.05) is 11.4 Å². The number of aliphatic hydroxyl groups is 3. The van der Waals surface area contributed by atoms with Gasteiger partial charge in [0.2, 0.25) is 0 Å². The van der Waals surface area contributed by atoms with Crippen molar-refractivity contribution in [2.45, 2.75) is 143 Å². The fourth-order valence-electron chi connectivity index (χ4n) is 11.9. The number of fused-ring (bicyclic) bond motifs is 7. The van der Waals surface area contributed by atoms with E-state index in [4.69, 9.17) is 9.47 Å². The quantitative estimate of drug-likeness (QED) is 0.251. The Morgan fingerprint density at radius 2 is 1.58 bits per heavy atom. The van der Waals surface area contributed by atoms with E-state index < -0.39 is 36.0 Å². The molecule has 0 aromatic rings. The summed E-state index contributed by atoms with van der Waals surface area (Å²) in [5.41, 5.74) is 0.802. The third-order valence-electron chi connectivity index (χ3n) is 14.7. The normalized spacial score (nSPS) is 51.8. The zero-order valence-electron chi connectivity index (χ0n) is 27.9. The molecule has 0 spiro atoms. The van der Waals surface area contributed by atoms with E-state index in [1.54, 1.807) is 0 Å². The molecule has 5 fully saturated rings. The topological polar surface area (TPSA) is 119 Å². The van der Waals surface area contributed by atoms with Gasteiger partial charge in [0.15, 0.2) is 6.29 Å². The molecule has 0 bridgehead atoms. The first-order valence-electron chi connectivity index (χ1n) is 16.7. The monoisotopic (exact) mass is 610 g/mol. The molecular formula is C35H55NaO7. The van der Waals surface area contributed by atoms with Crippen molar-refractivity contribution in [2.24, 2.45) is 50.2 Å². The van der Waals surface area contributed by atoms with Gasteiger partial charge in [0.1, 0.15) is 18.3 Å². The van der Waals surface area contributed by atoms with E-state index in [1.807, 2.05) is 0 Å². The van der Waals surface area contributed by atoms with Gasteiger partial charge in [-0.3, -0.25) is 0 Å². The summed E-state index contributed by atoms with van der Waals surface area (Å²) < 4.78 is 12.1. The smallest absolute Gasteiger partial charge is 0.550 e. The van der Waals surface area contributed by atoms with E-state index in [0.717, 1.165) is 64.2 Å². The van der Waals surface area contributed by atoms with Crippen molar-refractivity contribution in [3.8, 4) is 0 Å². The van der Waals surface area contributed by atoms with Gasteiger partial charge in [-0.1, -0.05) is 60.1 Å². The second-order valence-electron chi connectivity index (χ2n) is 17.4. The number of aliphatic carboxylic acids is 1. The summed E-state index contributed by atoms with van der Waals surface area (Å²) >= 11 is 0. The molecule has 5 aliphatic carbocycles. The van der Waals surface area contributed by atoms with E-state index in [1.165, 1.54) is 5.57 Å². The predicted molar refractivity (Wildman–Crippen MR) is 157 cm³/mol. The number of hydrogen-bond donors (Lipinski definition) is 3. The van der Waals surface area contributed by atoms with E-state index in [9.17, 15) is 25.2 Å². The number of carboxylic acid groups (broad SMARTS) is 1. The first-order valence-corrected chi connectivity index (χ1v) is 16.7. The predicted octanol–water partition coefficient (Wildman–Crippen LogP) is 1.37. The molecule has 238 valence electrons. The number of aliphatic hydroxyl groups excluding tert-OH is 3. The Balaban J connectivity index is 0.00000368. The minimum absolute atomic E-state index is 0. The number of allylic oxidation sites excluding steroid dienone is 2. The standard InChI is InChI=1S/C35H56O7.Na/c1-30(2)14-16-35(29(39)40)17-15-33(6)20(21(35)18-30)8-9-24-32(5)12-11-25(31(3,4)23(32)10-13-34(24,33)7)42-28-27(38)26(37)22(36)19-41-28;/h8,21-28,36-38H,9-19H2,1-7H3,(H,39,40);/q;+1/p-1/t21-,22-,23-,24+,25-,26-,27+,28-,32-,33+,34+,35-;/m0./s1. The molecule has 43 heavy (non-hydrogen) atoms. The number of hydrogen-bond acceptors (Lipinski definition) is 7. The van der Waals surface area contributed by atoms with Crippen molar-refractivity contribution in [1.29, 1.82) is 0 Å². The SMILES string of the molecule is CC1(C)CC[C@]2(C(=O)[O-])CC[C@]3(C)C(=CC[C@@H]4[C@@]5(C)CC[C@H](O[C@@H]6OC[C@H](O)[C@H](O)[C@H]6O)C(C)(C)[C@@H]5CC[C@]43C)[C@@H]2C1.[Na+]. The summed E-state index contributed by atoms with van der Waals surface area (Å²) in [6.07, 6.45) is 7.02. The van der Waals surface area contributed by atoms with Gasteiger partial charge in [-0.15, -0.1) is 0 Å². The van der Waals surface area contributed by atoms with Gasteiger partial charge in [-0.05, 0) is 109 Å². The first kappa shape index (κ1) is 34.3. The molecule has 1 aliphatic heterocycles. The molecule has 0 aromatic heterocycles. The number of ether oxygens (including phenoxy) is 2. The number of carboxylic acids is 1. The molecule has 0 unspecified atom stereocenters. The average Bonchev–Trinajstić information content (AvgIpc) is 2.90. The van der Waals surface area contributed by atoms with Crippen molar-refractivity contribution in [3.63, 3.8) is 0 Å². The van der Waals surface area contributed by atoms with Gasteiger partial charge >= 0.3 is 29.6 Å². The molecule has 0 radical (unpaired) electrons. The van der Waals surface area contributed by atoms with Crippen molar-refractivity contribution < 1.29 is 64.3 Å². The Labute approximate surface area is 280 Å². The minimum atomic E-state index is -1.28. The van der Waals surface area contributed by atoms with Crippen LogP contribution in [0.1, 0.15) is 113 Å². The van der Waals surface area contributed by atoms with Crippen LogP contribution in [0.25, 0.3) is 0 Å². The van der Waals surface area contributed by atoms with Crippen LogP contribution in [-0.4, -0.2) is 58.6 Å². The van der Waals surface area contributed by atoms with Gasteiger partial charge in [-0.2, -0.15) is 0 Å². The van der Waals surface area contributed by atoms with Gasteiger partial charge in [0.25, 0.3) is 0 Å². The van der Waals surface area contributed by atoms with Crippen LogP contribution in [0, 0.1) is 50.2 Å². The van der Waals surface area contributed by atoms with Crippen LogP contribution >= 0.6 is 0 Å². The maximum atomic E-state index is 12.8. The summed E-state index contributed by atoms with van der Waals surface area (Å²) in [6, 6.07) is 0. The largest absolute Gasteiger partial charge is 1.00 e. The Kier molecular flexibility index (Phi) is 8.82. The number of carbonyl (C=O) groups is 1. The summed E-state index contributed by atoms with van der Waals surface area (Å²) in [6.45, 7) is 16.7. The molecule has 4 saturated carbocycles. The Hall–Kier alpha value is 0.01000. The average molecular weight is 611 g/mol. The fourth-order valence-corrected chi connectivity index (χ4v) is 11.9. The maximum Gasteiger partial charge on any atom is 1.00 e. The van der Waals surface area contributed by atoms with Crippen LogP contribution in [0.2, 0.25) is 0 Å². The van der Waals surface area contributed by atoms with Gasteiger partial charge in [-0.25, -0.2) is 0 Å². The molecule has 8 heteroatoms. The zero-order valence-corrected chi connectivity index (χ0v) is 29.9. The van der Waals surface area contributed by atoms with E-state index in [0.29, 0.717) is 11.8 Å². The van der Waals surface area contributed by atoms with Crippen molar-refractivity contribution >= 4 is 5.97 Å². The number of rotatable bonds is 3. The van der Waals surface area contributed by atoms with E-state index >= 15 is 0 Å². The molecule has 3 N–H and O–H groups in total. The van der Waals surface area contributed by atoms with E-state index in [-0.39, 0.29) is 75.3 Å². The molecule has 12 atom stereocenters. The molecular weight excluding hydrogens is 555 g/mol. The summed E-state index contributed by atoms with van der Waals surface area (Å²) in [7, 11) is 0. The Morgan fingerprint density at radius 1 is 0.907 bits per heavy atom. The summed E-state index contributed by atoms with van der Waals surface area (Å²) in [4.78, 5) is 12.8. The summed E-state index contributed by atoms with van der Waals surface area (Å²) in [5, 5.41) is 43.5. The van der Waals surface area contributed by atoms with Crippen LogP contribution in [-0.2, 0) is 14.3 Å². The third-order valence-corrected chi connectivity index (χ3v) is 14.7. The minimum Gasteiger partial charge on any atom is -0.550 e. The van der Waals surface area contributed by atoms with Gasteiger partial charge in [0.05, 0.1) is 12.7 Å². The second kappa shape index (κ2) is 11.0. The second-order valence-corrected chi connectivity index (χ2v) is 17.4. The van der Waals surface area contributed by atoms with Crippen LogP contribution < -0.4 is 34.7 Å². The van der Waals surface area contributed by atoms with Crippen LogP contribution in [0.3, 0.4) is 0 Å². The van der Waals surface area contributed by atoms with Crippen molar-refractivity contribution in [1.82, 2.24) is 0 Å². The summed E-state index contributed by atoms with van der Waals surface area (Å²) in [5.74, 6) is 0.127. The van der Waals surface area contributed by atoms with Crippen molar-refractivity contribution in [3.05, 3.63) is 11.6 Å². The Morgan fingerprint density at radius 3 is 2.26 bits per heavy atom. The van der Waals surface area contributed by atoms with E-state index in [2.05, 4.69) is 54.5 Å². The fraction of sp³-hybridized carbons (Fsp3) is 0.914. The number of carbonyl (C=O) groups excluding carboxylic acids is 1. The van der Waals surface area contributed by atoms with Crippen LogP contribution in [0.5, 0.6) is 0 Å². The molecule has 7 nitrogen and oxygen atoms in total. The zero-order chi connectivity index (χ0) is 30.7. The molecule has 0 amide bonds. The first-order chi connectivity index (χ1) is 19.4. The molecule has 1 heterocycles. The van der Waals surface area contributed by atoms with Crippen LogP contribution in [0.15, 0.2) is 11.6 Å². The molecule has 1 saturated heterocycles. The molecule has 0 aromatic carbocycles.